The molecule has 0 radical (unpaired) electrons. The Balaban J connectivity index is 1.62. The lowest BCUT2D eigenvalue weighted by Crippen LogP contribution is -2.13. The van der Waals surface area contributed by atoms with Crippen LogP contribution in [0.25, 0.3) is 17.1 Å². The number of hydrogen-bond acceptors (Lipinski definition) is 5. The highest BCUT2D eigenvalue weighted by molar-refractivity contribution is 5.91. The first-order valence-corrected chi connectivity index (χ1v) is 10.9. The average molecular weight is 435 g/mol. The van der Waals surface area contributed by atoms with Gasteiger partial charge in [0.05, 0.1) is 12.8 Å². The number of fused-ring (bicyclic) bond motifs is 1. The summed E-state index contributed by atoms with van der Waals surface area (Å²) in [7, 11) is 0. The van der Waals surface area contributed by atoms with E-state index in [1.54, 1.807) is 13.0 Å². The van der Waals surface area contributed by atoms with Gasteiger partial charge in [0.1, 0.15) is 0 Å². The Hall–Kier alpha value is -3.48. The average Bonchev–Trinajstić information content (AvgIpc) is 3.17. The molecule has 7 nitrogen and oxygen atoms in total. The SMILES string of the molecule is CCOC(=O)/C=C/c1ccc(NC(=O)CCc2c(C)nc3c(cnn3C(C)C)c2C)cc1. The van der Waals surface area contributed by atoms with Gasteiger partial charge in [0.2, 0.25) is 5.91 Å². The summed E-state index contributed by atoms with van der Waals surface area (Å²) in [5, 5.41) is 8.43. The molecule has 0 atom stereocenters. The minimum absolute atomic E-state index is 0.0587. The fourth-order valence-corrected chi connectivity index (χ4v) is 3.63. The molecule has 0 fully saturated rings. The number of benzene rings is 1. The fraction of sp³-hybridized carbons (Fsp3) is 0.360. The van der Waals surface area contributed by atoms with E-state index in [-0.39, 0.29) is 17.9 Å². The Morgan fingerprint density at radius 2 is 1.91 bits per heavy atom. The van der Waals surface area contributed by atoms with Gasteiger partial charge >= 0.3 is 5.97 Å². The van der Waals surface area contributed by atoms with Gasteiger partial charge in [0.25, 0.3) is 0 Å². The molecule has 1 N–H and O–H groups in total. The number of carbonyl (C=O) groups is 2. The molecule has 3 rings (SSSR count). The lowest BCUT2D eigenvalue weighted by molar-refractivity contribution is -0.137. The second-order valence-electron chi connectivity index (χ2n) is 7.98. The second kappa shape index (κ2) is 10.2. The van der Waals surface area contributed by atoms with Crippen LogP contribution < -0.4 is 5.32 Å². The third-order valence-corrected chi connectivity index (χ3v) is 5.32. The van der Waals surface area contributed by atoms with Crippen molar-refractivity contribution in [3.05, 3.63) is 58.9 Å². The molecule has 0 aliphatic heterocycles. The Labute approximate surface area is 188 Å². The van der Waals surface area contributed by atoms with E-state index in [1.165, 1.54) is 6.08 Å². The van der Waals surface area contributed by atoms with E-state index in [0.717, 1.165) is 33.4 Å². The molecule has 1 aromatic carbocycles. The molecule has 0 saturated carbocycles. The van der Waals surface area contributed by atoms with Crippen molar-refractivity contribution in [1.29, 1.82) is 0 Å². The molecular formula is C25H30N4O3. The second-order valence-corrected chi connectivity index (χ2v) is 7.98. The molecule has 2 heterocycles. The number of carbonyl (C=O) groups excluding carboxylic acids is 2. The first-order chi connectivity index (χ1) is 15.3. The molecule has 168 valence electrons. The maximum atomic E-state index is 12.5. The van der Waals surface area contributed by atoms with Gasteiger partial charge in [-0.25, -0.2) is 14.5 Å². The Bertz CT molecular complexity index is 1140. The Morgan fingerprint density at radius 1 is 1.19 bits per heavy atom. The predicted molar refractivity (Wildman–Crippen MR) is 126 cm³/mol. The summed E-state index contributed by atoms with van der Waals surface area (Å²) >= 11 is 0. The predicted octanol–water partition coefficient (Wildman–Crippen LogP) is 4.78. The lowest BCUT2D eigenvalue weighted by atomic mass is 10.0. The van der Waals surface area contributed by atoms with Crippen LogP contribution >= 0.6 is 0 Å². The number of rotatable bonds is 8. The molecular weight excluding hydrogens is 404 g/mol. The number of aromatic nitrogens is 3. The van der Waals surface area contributed by atoms with Crippen molar-refractivity contribution in [3.63, 3.8) is 0 Å². The van der Waals surface area contributed by atoms with Gasteiger partial charge in [-0.1, -0.05) is 12.1 Å². The number of hydrogen-bond donors (Lipinski definition) is 1. The zero-order chi connectivity index (χ0) is 23.3. The maximum absolute atomic E-state index is 12.5. The summed E-state index contributed by atoms with van der Waals surface area (Å²) in [5.41, 5.74) is 5.61. The summed E-state index contributed by atoms with van der Waals surface area (Å²) in [4.78, 5) is 28.7. The first kappa shape index (κ1) is 23.2. The number of anilines is 1. The van der Waals surface area contributed by atoms with Gasteiger partial charge in [-0.05, 0) is 75.9 Å². The standard InChI is InChI=1S/C25H30N4O3/c1-6-32-24(31)14-9-19-7-10-20(11-8-19)28-23(30)13-12-21-17(4)22-15-26-29(16(2)3)25(22)27-18(21)5/h7-11,14-16H,6,12-13H2,1-5H3,(H,28,30)/b14-9+. The van der Waals surface area contributed by atoms with Crippen LogP contribution in [0.5, 0.6) is 0 Å². The monoisotopic (exact) mass is 434 g/mol. The van der Waals surface area contributed by atoms with Crippen LogP contribution in [0.15, 0.2) is 36.5 Å². The van der Waals surface area contributed by atoms with Gasteiger partial charge in [0, 0.05) is 35.3 Å². The number of nitrogens with zero attached hydrogens (tertiary/aromatic N) is 3. The molecule has 0 spiro atoms. The van der Waals surface area contributed by atoms with Gasteiger partial charge in [-0.15, -0.1) is 0 Å². The van der Waals surface area contributed by atoms with E-state index in [9.17, 15) is 9.59 Å². The summed E-state index contributed by atoms with van der Waals surface area (Å²) < 4.78 is 6.79. The zero-order valence-electron chi connectivity index (χ0n) is 19.3. The smallest absolute Gasteiger partial charge is 0.330 e. The Morgan fingerprint density at radius 3 is 2.56 bits per heavy atom. The molecule has 0 unspecified atom stereocenters. The summed E-state index contributed by atoms with van der Waals surface area (Å²) in [6.45, 7) is 10.3. The van der Waals surface area contributed by atoms with Gasteiger partial charge in [-0.3, -0.25) is 4.79 Å². The highest BCUT2D eigenvalue weighted by Crippen LogP contribution is 2.25. The van der Waals surface area contributed by atoms with Crippen molar-refractivity contribution in [1.82, 2.24) is 14.8 Å². The third kappa shape index (κ3) is 5.41. The van der Waals surface area contributed by atoms with E-state index < -0.39 is 0 Å². The van der Waals surface area contributed by atoms with Crippen LogP contribution in [-0.4, -0.2) is 33.2 Å². The van der Waals surface area contributed by atoms with Crippen LogP contribution in [0.4, 0.5) is 5.69 Å². The molecule has 0 aliphatic rings. The van der Waals surface area contributed by atoms with E-state index in [4.69, 9.17) is 9.72 Å². The summed E-state index contributed by atoms with van der Waals surface area (Å²) in [5.74, 6) is -0.434. The topological polar surface area (TPSA) is 86.1 Å². The highest BCUT2D eigenvalue weighted by Gasteiger charge is 2.15. The first-order valence-electron chi connectivity index (χ1n) is 10.9. The van der Waals surface area contributed by atoms with Crippen molar-refractivity contribution < 1.29 is 14.3 Å². The largest absolute Gasteiger partial charge is 0.463 e. The highest BCUT2D eigenvalue weighted by atomic mass is 16.5. The minimum atomic E-state index is -0.375. The molecule has 3 aromatic rings. The van der Waals surface area contributed by atoms with Crippen molar-refractivity contribution in [2.75, 3.05) is 11.9 Å². The molecule has 1 amide bonds. The molecule has 0 bridgehead atoms. The third-order valence-electron chi connectivity index (χ3n) is 5.32. The Kier molecular flexibility index (Phi) is 7.41. The molecule has 0 saturated heterocycles. The van der Waals surface area contributed by atoms with Gasteiger partial charge < -0.3 is 10.1 Å². The van der Waals surface area contributed by atoms with Crippen molar-refractivity contribution >= 4 is 34.7 Å². The normalized spacial score (nSPS) is 11.4. The summed E-state index contributed by atoms with van der Waals surface area (Å²) in [6.07, 6.45) is 5.90. The van der Waals surface area contributed by atoms with Crippen LogP contribution in [0.3, 0.4) is 0 Å². The van der Waals surface area contributed by atoms with E-state index in [2.05, 4.69) is 31.2 Å². The van der Waals surface area contributed by atoms with Crippen molar-refractivity contribution in [2.24, 2.45) is 0 Å². The van der Waals surface area contributed by atoms with E-state index >= 15 is 0 Å². The van der Waals surface area contributed by atoms with E-state index in [1.807, 2.05) is 42.1 Å². The molecule has 7 heteroatoms. The molecule has 2 aromatic heterocycles. The van der Waals surface area contributed by atoms with Crippen LogP contribution in [0.2, 0.25) is 0 Å². The number of aryl methyl sites for hydroxylation is 2. The number of ether oxygens (including phenoxy) is 1. The van der Waals surface area contributed by atoms with Gasteiger partial charge in [-0.2, -0.15) is 5.10 Å². The fourth-order valence-electron chi connectivity index (χ4n) is 3.63. The number of amides is 1. The zero-order valence-corrected chi connectivity index (χ0v) is 19.3. The quantitative estimate of drug-likeness (QED) is 0.407. The number of nitrogens with one attached hydrogen (secondary N) is 1. The maximum Gasteiger partial charge on any atom is 0.330 e. The minimum Gasteiger partial charge on any atom is -0.463 e. The molecule has 32 heavy (non-hydrogen) atoms. The van der Waals surface area contributed by atoms with Crippen LogP contribution in [-0.2, 0) is 20.7 Å². The number of esters is 1. The van der Waals surface area contributed by atoms with Crippen molar-refractivity contribution in [2.45, 2.75) is 53.5 Å². The van der Waals surface area contributed by atoms with E-state index in [0.29, 0.717) is 25.1 Å². The molecule has 0 aliphatic carbocycles. The van der Waals surface area contributed by atoms with Crippen LogP contribution in [0, 0.1) is 13.8 Å². The van der Waals surface area contributed by atoms with Crippen molar-refractivity contribution in [3.8, 4) is 0 Å². The van der Waals surface area contributed by atoms with Gasteiger partial charge in [0.15, 0.2) is 5.65 Å². The summed E-state index contributed by atoms with van der Waals surface area (Å²) in [6, 6.07) is 7.54. The lowest BCUT2D eigenvalue weighted by Gasteiger charge is -2.13. The van der Waals surface area contributed by atoms with Crippen LogP contribution in [0.1, 0.15) is 55.6 Å². The number of pyridine rings is 1.